The molecular formula is C24H39BrN4O4Si. The Morgan fingerprint density at radius 2 is 1.79 bits per heavy atom. The second-order valence-electron chi connectivity index (χ2n) is 11.3. The molecule has 2 aromatic heterocycles. The summed E-state index contributed by atoms with van der Waals surface area (Å²) < 4.78 is 16.2. The summed E-state index contributed by atoms with van der Waals surface area (Å²) in [6.07, 6.45) is 1.55. The number of fused-ring (bicyclic) bond motifs is 1. The van der Waals surface area contributed by atoms with E-state index >= 15 is 0 Å². The van der Waals surface area contributed by atoms with Crippen LogP contribution in [0.15, 0.2) is 21.5 Å². The van der Waals surface area contributed by atoms with Crippen molar-refractivity contribution in [2.24, 2.45) is 7.05 Å². The number of pyridine rings is 1. The van der Waals surface area contributed by atoms with Crippen LogP contribution in [0.1, 0.15) is 26.5 Å². The van der Waals surface area contributed by atoms with Gasteiger partial charge in [0.05, 0.1) is 15.4 Å². The third kappa shape index (κ3) is 6.96. The summed E-state index contributed by atoms with van der Waals surface area (Å²) in [5, 5.41) is 0.688. The summed E-state index contributed by atoms with van der Waals surface area (Å²) in [5.41, 5.74) is 1.40. The fraction of sp³-hybridized carbons (Fsp3) is 0.667. The van der Waals surface area contributed by atoms with Crippen LogP contribution in [0, 0.1) is 0 Å². The van der Waals surface area contributed by atoms with Crippen LogP contribution in [0.5, 0.6) is 0 Å². The molecule has 34 heavy (non-hydrogen) atoms. The first-order valence-corrected chi connectivity index (χ1v) is 16.4. The van der Waals surface area contributed by atoms with E-state index in [9.17, 15) is 9.59 Å². The van der Waals surface area contributed by atoms with E-state index in [2.05, 4.69) is 45.0 Å². The smallest absolute Gasteiger partial charge is 0.410 e. The number of ether oxygens (including phenoxy) is 2. The number of carbonyl (C=O) groups excluding carboxylic acids is 1. The van der Waals surface area contributed by atoms with Gasteiger partial charge in [0.2, 0.25) is 0 Å². The van der Waals surface area contributed by atoms with Crippen molar-refractivity contribution in [2.45, 2.75) is 65.3 Å². The van der Waals surface area contributed by atoms with Gasteiger partial charge in [-0.25, -0.2) is 4.79 Å². The standard InChI is InChI=1S/C24H39BrN4O4Si/c1-24(2,3)33-23(31)28-10-8-27(9-11-28)15-18-14-19-21(20(25)16-26(4)22(19)30)29(18)17-32-12-13-34(5,6)7/h14,16H,8-13,15,17H2,1-7H3. The predicted molar refractivity (Wildman–Crippen MR) is 142 cm³/mol. The normalized spacial score (nSPS) is 15.8. The molecule has 3 heterocycles. The van der Waals surface area contributed by atoms with E-state index in [1.54, 1.807) is 16.5 Å². The van der Waals surface area contributed by atoms with Gasteiger partial charge in [0.15, 0.2) is 0 Å². The molecule has 0 aliphatic carbocycles. The van der Waals surface area contributed by atoms with Crippen LogP contribution in [0.25, 0.3) is 10.9 Å². The lowest BCUT2D eigenvalue weighted by Crippen LogP contribution is -2.49. The molecule has 0 atom stereocenters. The number of amides is 1. The zero-order chi connectivity index (χ0) is 25.3. The Morgan fingerprint density at radius 1 is 1.15 bits per heavy atom. The van der Waals surface area contributed by atoms with E-state index in [1.807, 2.05) is 33.0 Å². The quantitative estimate of drug-likeness (QED) is 0.373. The van der Waals surface area contributed by atoms with Crippen LogP contribution in [0.3, 0.4) is 0 Å². The summed E-state index contributed by atoms with van der Waals surface area (Å²) in [4.78, 5) is 29.3. The average molecular weight is 556 g/mol. The second kappa shape index (κ2) is 10.6. The highest BCUT2D eigenvalue weighted by Crippen LogP contribution is 2.26. The average Bonchev–Trinajstić information content (AvgIpc) is 3.07. The topological polar surface area (TPSA) is 68.9 Å². The van der Waals surface area contributed by atoms with Crippen LogP contribution < -0.4 is 5.56 Å². The zero-order valence-electron chi connectivity index (χ0n) is 21.6. The van der Waals surface area contributed by atoms with Crippen LogP contribution in [0.4, 0.5) is 4.79 Å². The Bertz CT molecular complexity index is 1080. The van der Waals surface area contributed by atoms with E-state index in [1.165, 1.54) is 0 Å². The summed E-state index contributed by atoms with van der Waals surface area (Å²) in [5.74, 6) is 0. The van der Waals surface area contributed by atoms with Crippen molar-refractivity contribution in [3.8, 4) is 0 Å². The lowest BCUT2D eigenvalue weighted by Gasteiger charge is -2.35. The van der Waals surface area contributed by atoms with Crippen LogP contribution >= 0.6 is 15.9 Å². The molecule has 1 aliphatic heterocycles. The van der Waals surface area contributed by atoms with E-state index in [4.69, 9.17) is 9.47 Å². The third-order valence-electron chi connectivity index (χ3n) is 5.89. The molecule has 1 fully saturated rings. The molecule has 1 amide bonds. The highest BCUT2D eigenvalue weighted by molar-refractivity contribution is 9.10. The maximum Gasteiger partial charge on any atom is 0.410 e. The monoisotopic (exact) mass is 554 g/mol. The molecule has 0 saturated carbocycles. The van der Waals surface area contributed by atoms with Gasteiger partial charge in [-0.3, -0.25) is 9.69 Å². The first-order valence-electron chi connectivity index (χ1n) is 11.9. The summed E-state index contributed by atoms with van der Waals surface area (Å²) in [6.45, 7) is 17.2. The molecule has 0 aromatic carbocycles. The molecule has 0 N–H and O–H groups in total. The van der Waals surface area contributed by atoms with Gasteiger partial charge in [0.25, 0.3) is 5.56 Å². The summed E-state index contributed by atoms with van der Waals surface area (Å²) in [7, 11) is 0.580. The number of nitrogens with zero attached hydrogens (tertiary/aromatic N) is 4. The highest BCUT2D eigenvalue weighted by Gasteiger charge is 2.27. The Morgan fingerprint density at radius 3 is 2.38 bits per heavy atom. The van der Waals surface area contributed by atoms with E-state index in [0.29, 0.717) is 38.4 Å². The van der Waals surface area contributed by atoms with Crippen molar-refractivity contribution in [1.29, 1.82) is 0 Å². The van der Waals surface area contributed by atoms with Gasteiger partial charge in [-0.1, -0.05) is 19.6 Å². The number of hydrogen-bond donors (Lipinski definition) is 0. The molecule has 0 spiro atoms. The number of halogens is 1. The van der Waals surface area contributed by atoms with Crippen LogP contribution in [-0.4, -0.2) is 71.5 Å². The maximum atomic E-state index is 12.9. The van der Waals surface area contributed by atoms with Crippen LogP contribution in [0.2, 0.25) is 25.7 Å². The largest absolute Gasteiger partial charge is 0.444 e. The van der Waals surface area contributed by atoms with Crippen molar-refractivity contribution >= 4 is 41.0 Å². The minimum atomic E-state index is -1.19. The molecule has 190 valence electrons. The fourth-order valence-electron chi connectivity index (χ4n) is 3.96. The van der Waals surface area contributed by atoms with Gasteiger partial charge in [0.1, 0.15) is 12.3 Å². The number of rotatable bonds is 7. The van der Waals surface area contributed by atoms with Gasteiger partial charge < -0.3 is 23.5 Å². The van der Waals surface area contributed by atoms with Gasteiger partial charge in [-0.05, 0) is 48.8 Å². The van der Waals surface area contributed by atoms with Crippen molar-refractivity contribution in [3.05, 3.63) is 32.8 Å². The van der Waals surface area contributed by atoms with Gasteiger partial charge in [-0.2, -0.15) is 0 Å². The third-order valence-corrected chi connectivity index (χ3v) is 8.18. The Balaban J connectivity index is 1.76. The Hall–Kier alpha value is -1.62. The molecule has 1 aliphatic rings. The maximum absolute atomic E-state index is 12.9. The highest BCUT2D eigenvalue weighted by atomic mass is 79.9. The molecule has 3 rings (SSSR count). The fourth-order valence-corrected chi connectivity index (χ4v) is 5.45. The van der Waals surface area contributed by atoms with E-state index < -0.39 is 13.7 Å². The first-order chi connectivity index (χ1) is 15.7. The molecule has 0 bridgehead atoms. The molecule has 0 unspecified atom stereocenters. The molecule has 0 radical (unpaired) electrons. The van der Waals surface area contributed by atoms with Crippen LogP contribution in [-0.2, 0) is 29.8 Å². The van der Waals surface area contributed by atoms with Crippen molar-refractivity contribution in [1.82, 2.24) is 18.9 Å². The molecule has 2 aromatic rings. The molecule has 8 nitrogen and oxygen atoms in total. The molecular weight excluding hydrogens is 516 g/mol. The lowest BCUT2D eigenvalue weighted by molar-refractivity contribution is 0.0135. The number of aromatic nitrogens is 2. The molecule has 1 saturated heterocycles. The summed E-state index contributed by atoms with van der Waals surface area (Å²) >= 11 is 3.66. The lowest BCUT2D eigenvalue weighted by atomic mass is 10.2. The zero-order valence-corrected chi connectivity index (χ0v) is 24.2. The van der Waals surface area contributed by atoms with Gasteiger partial charge in [-0.15, -0.1) is 0 Å². The van der Waals surface area contributed by atoms with Gasteiger partial charge >= 0.3 is 6.09 Å². The predicted octanol–water partition coefficient (Wildman–Crippen LogP) is 4.47. The SMILES string of the molecule is Cn1cc(Br)c2c(cc(CN3CCN(C(=O)OC(C)(C)C)CC3)n2COCC[Si](C)(C)C)c1=O. The second-order valence-corrected chi connectivity index (χ2v) is 17.8. The summed E-state index contributed by atoms with van der Waals surface area (Å²) in [6, 6.07) is 3.08. The molecule has 10 heteroatoms. The number of hydrogen-bond acceptors (Lipinski definition) is 5. The van der Waals surface area contributed by atoms with Crippen molar-refractivity contribution < 1.29 is 14.3 Å². The van der Waals surface area contributed by atoms with Gasteiger partial charge in [0, 0.05) is 66.3 Å². The first kappa shape index (κ1) is 27.0. The Labute approximate surface area is 211 Å². The van der Waals surface area contributed by atoms with Crippen molar-refractivity contribution in [2.75, 3.05) is 32.8 Å². The number of carbonyl (C=O) groups is 1. The number of aryl methyl sites for hydroxylation is 1. The van der Waals surface area contributed by atoms with E-state index in [0.717, 1.165) is 34.8 Å². The number of piperazine rings is 1. The Kier molecular flexibility index (Phi) is 8.37. The minimum Gasteiger partial charge on any atom is -0.444 e. The minimum absolute atomic E-state index is 0.0185. The van der Waals surface area contributed by atoms with Crippen molar-refractivity contribution in [3.63, 3.8) is 0 Å². The van der Waals surface area contributed by atoms with E-state index in [-0.39, 0.29) is 11.7 Å².